The molecule has 0 amide bonds. The van der Waals surface area contributed by atoms with Crippen LogP contribution in [0.2, 0.25) is 0 Å². The van der Waals surface area contributed by atoms with E-state index in [9.17, 15) is 10.1 Å². The lowest BCUT2D eigenvalue weighted by Crippen LogP contribution is -2.01. The molecule has 0 aliphatic carbocycles. The van der Waals surface area contributed by atoms with E-state index in [1.54, 1.807) is 13.0 Å². The molecule has 0 bridgehead atoms. The molecule has 0 aromatic heterocycles. The summed E-state index contributed by atoms with van der Waals surface area (Å²) in [5.74, 6) is 0. The summed E-state index contributed by atoms with van der Waals surface area (Å²) in [5.41, 5.74) is 3.32. The van der Waals surface area contributed by atoms with Crippen molar-refractivity contribution in [2.75, 3.05) is 5.32 Å². The third-order valence-electron chi connectivity index (χ3n) is 3.08. The molecule has 0 spiro atoms. The largest absolute Gasteiger partial charge is 0.392 e. The van der Waals surface area contributed by atoms with Crippen molar-refractivity contribution in [3.05, 3.63) is 69.3 Å². The second-order valence-electron chi connectivity index (χ2n) is 4.59. The van der Waals surface area contributed by atoms with Crippen LogP contribution in [0.4, 0.5) is 11.4 Å². The smallest absolute Gasteiger partial charge is 0.274 e. The van der Waals surface area contributed by atoms with Crippen LogP contribution in [0.1, 0.15) is 16.7 Å². The number of anilines is 1. The zero-order valence-electron chi connectivity index (χ0n) is 11.2. The summed E-state index contributed by atoms with van der Waals surface area (Å²) in [6.07, 6.45) is 0. The van der Waals surface area contributed by atoms with Crippen molar-refractivity contribution in [2.24, 2.45) is 0 Å². The summed E-state index contributed by atoms with van der Waals surface area (Å²) in [6, 6.07) is 12.6. The zero-order valence-corrected chi connectivity index (χ0v) is 11.2. The number of nitro benzene ring substituents is 1. The third-order valence-corrected chi connectivity index (χ3v) is 3.08. The Bertz CT molecular complexity index is 626. The minimum atomic E-state index is -0.382. The summed E-state index contributed by atoms with van der Waals surface area (Å²) < 4.78 is 0. The summed E-state index contributed by atoms with van der Waals surface area (Å²) in [7, 11) is 0. The van der Waals surface area contributed by atoms with Gasteiger partial charge in [-0.15, -0.1) is 0 Å². The van der Waals surface area contributed by atoms with Gasteiger partial charge in [0.1, 0.15) is 0 Å². The van der Waals surface area contributed by atoms with Gasteiger partial charge >= 0.3 is 0 Å². The van der Waals surface area contributed by atoms with Crippen LogP contribution in [0.25, 0.3) is 0 Å². The minimum Gasteiger partial charge on any atom is -0.392 e. The standard InChI is InChI=1S/C15H16N2O3/c1-11-5-6-14(8-15(11)17(19)20)16-9-12-3-2-4-13(7-12)10-18/h2-8,16,18H,9-10H2,1H3. The first-order valence-corrected chi connectivity index (χ1v) is 6.28. The molecule has 0 aliphatic rings. The predicted octanol–water partition coefficient (Wildman–Crippen LogP) is 3.01. The highest BCUT2D eigenvalue weighted by atomic mass is 16.6. The lowest BCUT2D eigenvalue weighted by atomic mass is 10.1. The molecule has 0 radical (unpaired) electrons. The molecule has 20 heavy (non-hydrogen) atoms. The van der Waals surface area contributed by atoms with E-state index in [0.717, 1.165) is 11.1 Å². The normalized spacial score (nSPS) is 10.3. The molecule has 5 heteroatoms. The lowest BCUT2D eigenvalue weighted by molar-refractivity contribution is -0.385. The SMILES string of the molecule is Cc1ccc(NCc2cccc(CO)c2)cc1[N+](=O)[O-]. The highest BCUT2D eigenvalue weighted by Gasteiger charge is 2.10. The Balaban J connectivity index is 2.10. The summed E-state index contributed by atoms with van der Waals surface area (Å²) in [6.45, 7) is 2.27. The Hall–Kier alpha value is -2.40. The number of rotatable bonds is 5. The summed E-state index contributed by atoms with van der Waals surface area (Å²) >= 11 is 0. The Morgan fingerprint density at radius 3 is 2.65 bits per heavy atom. The lowest BCUT2D eigenvalue weighted by Gasteiger charge is -2.08. The van der Waals surface area contributed by atoms with Gasteiger partial charge in [0, 0.05) is 23.9 Å². The highest BCUT2D eigenvalue weighted by Crippen LogP contribution is 2.22. The molecule has 2 aromatic carbocycles. The molecule has 0 atom stereocenters. The molecule has 2 rings (SSSR count). The van der Waals surface area contributed by atoms with Crippen LogP contribution < -0.4 is 5.32 Å². The fourth-order valence-corrected chi connectivity index (χ4v) is 1.96. The number of hydrogen-bond acceptors (Lipinski definition) is 4. The maximum absolute atomic E-state index is 10.9. The van der Waals surface area contributed by atoms with Crippen LogP contribution in [-0.2, 0) is 13.2 Å². The number of hydrogen-bond donors (Lipinski definition) is 2. The number of aryl methyl sites for hydroxylation is 1. The van der Waals surface area contributed by atoms with E-state index in [1.165, 1.54) is 6.07 Å². The first kappa shape index (κ1) is 14.0. The van der Waals surface area contributed by atoms with E-state index in [-0.39, 0.29) is 17.2 Å². The van der Waals surface area contributed by atoms with Crippen LogP contribution in [-0.4, -0.2) is 10.0 Å². The van der Waals surface area contributed by atoms with E-state index < -0.39 is 0 Å². The van der Waals surface area contributed by atoms with E-state index in [0.29, 0.717) is 17.8 Å². The van der Waals surface area contributed by atoms with Crippen LogP contribution >= 0.6 is 0 Å². The van der Waals surface area contributed by atoms with Gasteiger partial charge in [0.25, 0.3) is 5.69 Å². The number of aliphatic hydroxyl groups excluding tert-OH is 1. The van der Waals surface area contributed by atoms with E-state index in [2.05, 4.69) is 5.32 Å². The molecule has 0 unspecified atom stereocenters. The topological polar surface area (TPSA) is 75.4 Å². The number of benzene rings is 2. The van der Waals surface area contributed by atoms with Crippen LogP contribution in [0.15, 0.2) is 42.5 Å². The maximum Gasteiger partial charge on any atom is 0.274 e. The van der Waals surface area contributed by atoms with Crippen LogP contribution in [0, 0.1) is 17.0 Å². The summed E-state index contributed by atoms with van der Waals surface area (Å²) in [5, 5.41) is 23.1. The second-order valence-corrected chi connectivity index (χ2v) is 4.59. The van der Waals surface area contributed by atoms with Crippen LogP contribution in [0.5, 0.6) is 0 Å². The van der Waals surface area contributed by atoms with Gasteiger partial charge in [0.15, 0.2) is 0 Å². The van der Waals surface area contributed by atoms with E-state index >= 15 is 0 Å². The van der Waals surface area contributed by atoms with Crippen molar-refractivity contribution in [1.29, 1.82) is 0 Å². The molecule has 0 aliphatic heterocycles. The van der Waals surface area contributed by atoms with Gasteiger partial charge in [0.05, 0.1) is 11.5 Å². The van der Waals surface area contributed by atoms with Gasteiger partial charge in [-0.3, -0.25) is 10.1 Å². The Labute approximate surface area is 117 Å². The molecular weight excluding hydrogens is 256 g/mol. The van der Waals surface area contributed by atoms with Crippen molar-refractivity contribution < 1.29 is 10.0 Å². The zero-order chi connectivity index (χ0) is 14.5. The first-order valence-electron chi connectivity index (χ1n) is 6.28. The molecule has 2 N–H and O–H groups in total. The van der Waals surface area contributed by atoms with E-state index in [1.807, 2.05) is 30.3 Å². The predicted molar refractivity (Wildman–Crippen MR) is 77.5 cm³/mol. The second kappa shape index (κ2) is 6.16. The van der Waals surface area contributed by atoms with Gasteiger partial charge in [-0.2, -0.15) is 0 Å². The van der Waals surface area contributed by atoms with E-state index in [4.69, 9.17) is 5.11 Å². The Kier molecular flexibility index (Phi) is 4.32. The number of nitrogens with zero attached hydrogens (tertiary/aromatic N) is 1. The quantitative estimate of drug-likeness (QED) is 0.648. The number of nitrogens with one attached hydrogen (secondary N) is 1. The summed E-state index contributed by atoms with van der Waals surface area (Å²) in [4.78, 5) is 10.5. The highest BCUT2D eigenvalue weighted by molar-refractivity contribution is 5.55. The van der Waals surface area contributed by atoms with Crippen molar-refractivity contribution in [3.63, 3.8) is 0 Å². The molecule has 104 valence electrons. The Morgan fingerprint density at radius 2 is 1.95 bits per heavy atom. The number of aliphatic hydroxyl groups is 1. The van der Waals surface area contributed by atoms with Gasteiger partial charge < -0.3 is 10.4 Å². The van der Waals surface area contributed by atoms with Gasteiger partial charge in [-0.25, -0.2) is 0 Å². The first-order chi connectivity index (χ1) is 9.60. The molecule has 0 saturated carbocycles. The monoisotopic (exact) mass is 272 g/mol. The number of nitro groups is 1. The average Bonchev–Trinajstić information content (AvgIpc) is 2.46. The fraction of sp³-hybridized carbons (Fsp3) is 0.200. The van der Waals surface area contributed by atoms with Gasteiger partial charge in [0.2, 0.25) is 0 Å². The maximum atomic E-state index is 10.9. The van der Waals surface area contributed by atoms with Crippen molar-refractivity contribution in [1.82, 2.24) is 0 Å². The third kappa shape index (κ3) is 3.33. The molecular formula is C15H16N2O3. The molecule has 5 nitrogen and oxygen atoms in total. The van der Waals surface area contributed by atoms with Gasteiger partial charge in [-0.05, 0) is 24.1 Å². The van der Waals surface area contributed by atoms with Crippen LogP contribution in [0.3, 0.4) is 0 Å². The molecule has 0 saturated heterocycles. The average molecular weight is 272 g/mol. The molecule has 0 fully saturated rings. The minimum absolute atomic E-state index is 0.00381. The van der Waals surface area contributed by atoms with Crippen molar-refractivity contribution in [3.8, 4) is 0 Å². The molecule has 2 aromatic rings. The van der Waals surface area contributed by atoms with Crippen molar-refractivity contribution in [2.45, 2.75) is 20.1 Å². The van der Waals surface area contributed by atoms with Gasteiger partial charge in [-0.1, -0.05) is 30.3 Å². The van der Waals surface area contributed by atoms with Crippen molar-refractivity contribution >= 4 is 11.4 Å². The fourth-order valence-electron chi connectivity index (χ4n) is 1.96. The Morgan fingerprint density at radius 1 is 1.20 bits per heavy atom. The molecule has 0 heterocycles.